The summed E-state index contributed by atoms with van der Waals surface area (Å²) >= 11 is 3.19. The highest BCUT2D eigenvalue weighted by atomic mass is 79.9. The average Bonchev–Trinajstić information content (AvgIpc) is 2.17. The Bertz CT molecular complexity index is 327. The minimum atomic E-state index is -0.710. The van der Waals surface area contributed by atoms with Gasteiger partial charge in [0.25, 0.3) is 0 Å². The van der Waals surface area contributed by atoms with Gasteiger partial charge in [-0.15, -0.1) is 0 Å². The summed E-state index contributed by atoms with van der Waals surface area (Å²) < 4.78 is 14.2. The van der Waals surface area contributed by atoms with Crippen LogP contribution in [-0.2, 0) is 0 Å². The molecule has 0 aliphatic rings. The van der Waals surface area contributed by atoms with E-state index < -0.39 is 6.10 Å². The van der Waals surface area contributed by atoms with Gasteiger partial charge >= 0.3 is 0 Å². The van der Waals surface area contributed by atoms with Crippen molar-refractivity contribution in [2.24, 2.45) is 5.92 Å². The van der Waals surface area contributed by atoms with Crippen LogP contribution in [-0.4, -0.2) is 5.11 Å². The predicted molar refractivity (Wildman–Crippen MR) is 63.1 cm³/mol. The topological polar surface area (TPSA) is 20.2 Å². The van der Waals surface area contributed by atoms with Crippen molar-refractivity contribution in [2.75, 3.05) is 0 Å². The number of aliphatic hydroxyl groups excluding tert-OH is 1. The third-order valence-corrected chi connectivity index (χ3v) is 3.06. The van der Waals surface area contributed by atoms with Crippen molar-refractivity contribution in [2.45, 2.75) is 32.8 Å². The second kappa shape index (κ2) is 5.61. The molecule has 0 radical (unpaired) electrons. The van der Waals surface area contributed by atoms with Crippen LogP contribution in [0.15, 0.2) is 22.7 Å². The summed E-state index contributed by atoms with van der Waals surface area (Å²) in [7, 11) is 0. The first-order chi connectivity index (χ1) is 7.06. The highest BCUT2D eigenvalue weighted by Crippen LogP contribution is 2.28. The van der Waals surface area contributed by atoms with E-state index in [0.717, 1.165) is 12.8 Å². The molecule has 0 aromatic heterocycles. The van der Waals surface area contributed by atoms with Crippen LogP contribution in [0.5, 0.6) is 0 Å². The Labute approximate surface area is 98.4 Å². The molecule has 2 unspecified atom stereocenters. The number of benzene rings is 1. The molecule has 1 nitrogen and oxygen atoms in total. The lowest BCUT2D eigenvalue weighted by atomic mass is 9.93. The second-order valence-electron chi connectivity index (χ2n) is 3.88. The third-order valence-electron chi connectivity index (χ3n) is 2.56. The fraction of sp³-hybridized carbons (Fsp3) is 0.500. The smallest absolute Gasteiger partial charge is 0.130 e. The molecule has 84 valence electrons. The monoisotopic (exact) mass is 274 g/mol. The van der Waals surface area contributed by atoms with Crippen LogP contribution in [0.25, 0.3) is 0 Å². The van der Waals surface area contributed by atoms with Crippen molar-refractivity contribution in [3.63, 3.8) is 0 Å². The highest BCUT2D eigenvalue weighted by Gasteiger charge is 2.18. The van der Waals surface area contributed by atoms with Gasteiger partial charge in [0.1, 0.15) is 5.82 Å². The van der Waals surface area contributed by atoms with Crippen LogP contribution in [0, 0.1) is 11.7 Å². The molecule has 0 bridgehead atoms. The molecule has 1 N–H and O–H groups in total. The summed E-state index contributed by atoms with van der Waals surface area (Å²) in [4.78, 5) is 0. The number of rotatable bonds is 4. The molecule has 1 aromatic carbocycles. The maximum atomic E-state index is 13.5. The third kappa shape index (κ3) is 3.28. The van der Waals surface area contributed by atoms with Gasteiger partial charge in [-0.25, -0.2) is 4.39 Å². The Kier molecular flexibility index (Phi) is 4.74. The maximum absolute atomic E-state index is 13.5. The largest absolute Gasteiger partial charge is 0.388 e. The van der Waals surface area contributed by atoms with E-state index in [1.807, 2.05) is 6.92 Å². The lowest BCUT2D eigenvalue weighted by Gasteiger charge is -2.19. The fourth-order valence-electron chi connectivity index (χ4n) is 1.66. The van der Waals surface area contributed by atoms with E-state index in [2.05, 4.69) is 22.9 Å². The summed E-state index contributed by atoms with van der Waals surface area (Å²) in [5, 5.41) is 9.94. The van der Waals surface area contributed by atoms with E-state index in [4.69, 9.17) is 0 Å². The minimum Gasteiger partial charge on any atom is -0.388 e. The zero-order valence-corrected chi connectivity index (χ0v) is 10.6. The molecule has 1 aromatic rings. The quantitative estimate of drug-likeness (QED) is 0.878. The van der Waals surface area contributed by atoms with Crippen molar-refractivity contribution >= 4 is 15.9 Å². The van der Waals surface area contributed by atoms with Gasteiger partial charge in [-0.3, -0.25) is 0 Å². The normalized spacial score (nSPS) is 15.0. The maximum Gasteiger partial charge on any atom is 0.130 e. The second-order valence-corrected chi connectivity index (χ2v) is 4.79. The highest BCUT2D eigenvalue weighted by molar-refractivity contribution is 9.10. The van der Waals surface area contributed by atoms with Crippen molar-refractivity contribution in [3.8, 4) is 0 Å². The lowest BCUT2D eigenvalue weighted by Crippen LogP contribution is -2.10. The summed E-state index contributed by atoms with van der Waals surface area (Å²) in [5.74, 6) is -0.259. The molecule has 3 heteroatoms. The molecule has 2 atom stereocenters. The van der Waals surface area contributed by atoms with E-state index in [1.165, 1.54) is 6.07 Å². The first kappa shape index (κ1) is 12.7. The Hall–Kier alpha value is -0.410. The summed E-state index contributed by atoms with van der Waals surface area (Å²) in [6.07, 6.45) is 1.19. The van der Waals surface area contributed by atoms with Crippen LogP contribution < -0.4 is 0 Å². The van der Waals surface area contributed by atoms with Crippen molar-refractivity contribution in [1.82, 2.24) is 0 Å². The van der Waals surface area contributed by atoms with Gasteiger partial charge in [0.15, 0.2) is 0 Å². The average molecular weight is 275 g/mol. The van der Waals surface area contributed by atoms with Gasteiger partial charge in [-0.2, -0.15) is 0 Å². The van der Waals surface area contributed by atoms with E-state index in [1.54, 1.807) is 12.1 Å². The molecule has 0 spiro atoms. The van der Waals surface area contributed by atoms with Crippen LogP contribution in [0.3, 0.4) is 0 Å². The SMILES string of the molecule is CCCC(C)C(O)c1ccc(Br)cc1F. The van der Waals surface area contributed by atoms with Gasteiger partial charge in [0.05, 0.1) is 6.10 Å². The Morgan fingerprint density at radius 2 is 2.13 bits per heavy atom. The van der Waals surface area contributed by atoms with Crippen molar-refractivity contribution in [3.05, 3.63) is 34.1 Å². The lowest BCUT2D eigenvalue weighted by molar-refractivity contribution is 0.108. The first-order valence-corrected chi connectivity index (χ1v) is 5.98. The van der Waals surface area contributed by atoms with E-state index in [-0.39, 0.29) is 11.7 Å². The zero-order chi connectivity index (χ0) is 11.4. The molecule has 0 aliphatic heterocycles. The molecular weight excluding hydrogens is 259 g/mol. The number of hydrogen-bond acceptors (Lipinski definition) is 1. The molecule has 0 amide bonds. The van der Waals surface area contributed by atoms with Crippen molar-refractivity contribution < 1.29 is 9.50 Å². The zero-order valence-electron chi connectivity index (χ0n) is 9.00. The fourth-order valence-corrected chi connectivity index (χ4v) is 1.99. The Morgan fingerprint density at radius 1 is 1.47 bits per heavy atom. The Morgan fingerprint density at radius 3 is 2.67 bits per heavy atom. The molecule has 0 fully saturated rings. The first-order valence-electron chi connectivity index (χ1n) is 5.19. The summed E-state index contributed by atoms with van der Waals surface area (Å²) in [6, 6.07) is 4.77. The van der Waals surface area contributed by atoms with E-state index >= 15 is 0 Å². The van der Waals surface area contributed by atoms with Gasteiger partial charge in [-0.1, -0.05) is 42.3 Å². The number of hydrogen-bond donors (Lipinski definition) is 1. The van der Waals surface area contributed by atoms with Crippen LogP contribution in [0.4, 0.5) is 4.39 Å². The molecule has 0 heterocycles. The van der Waals surface area contributed by atoms with Gasteiger partial charge in [0.2, 0.25) is 0 Å². The van der Waals surface area contributed by atoms with Crippen LogP contribution in [0.2, 0.25) is 0 Å². The summed E-state index contributed by atoms with van der Waals surface area (Å²) in [5.41, 5.74) is 0.388. The number of halogens is 2. The minimum absolute atomic E-state index is 0.0886. The van der Waals surface area contributed by atoms with E-state index in [9.17, 15) is 9.50 Å². The van der Waals surface area contributed by atoms with Crippen LogP contribution in [0.1, 0.15) is 38.4 Å². The Balaban J connectivity index is 2.86. The van der Waals surface area contributed by atoms with Gasteiger partial charge in [0, 0.05) is 10.0 Å². The molecular formula is C12H16BrFO. The molecule has 0 saturated heterocycles. The summed E-state index contributed by atoms with van der Waals surface area (Å²) in [6.45, 7) is 4.00. The van der Waals surface area contributed by atoms with Crippen molar-refractivity contribution in [1.29, 1.82) is 0 Å². The molecule has 15 heavy (non-hydrogen) atoms. The van der Waals surface area contributed by atoms with Crippen LogP contribution >= 0.6 is 15.9 Å². The predicted octanol–water partition coefficient (Wildman–Crippen LogP) is 4.06. The molecule has 0 saturated carbocycles. The van der Waals surface area contributed by atoms with Gasteiger partial charge < -0.3 is 5.11 Å². The molecule has 0 aliphatic carbocycles. The number of aliphatic hydroxyl groups is 1. The van der Waals surface area contributed by atoms with E-state index in [0.29, 0.717) is 10.0 Å². The standard InChI is InChI=1S/C12H16BrFO/c1-3-4-8(2)12(15)10-6-5-9(13)7-11(10)14/h5-8,12,15H,3-4H2,1-2H3. The molecule has 1 rings (SSSR count). The van der Waals surface area contributed by atoms with Gasteiger partial charge in [-0.05, 0) is 24.5 Å².